The second kappa shape index (κ2) is 23.0. The molecule has 0 saturated carbocycles. The molecular weight excluding hydrogens is 807 g/mol. The summed E-state index contributed by atoms with van der Waals surface area (Å²) in [6, 6.07) is 9.52. The third-order valence-electron chi connectivity index (χ3n) is 11.8. The summed E-state index contributed by atoms with van der Waals surface area (Å²) in [5, 5.41) is 16.7. The van der Waals surface area contributed by atoms with Crippen LogP contribution in [0, 0.1) is 23.7 Å². The van der Waals surface area contributed by atoms with Crippen LogP contribution in [-0.4, -0.2) is 107 Å². The molecule has 2 aliphatic heterocycles. The molecule has 63 heavy (non-hydrogen) atoms. The van der Waals surface area contributed by atoms with Gasteiger partial charge in [-0.3, -0.25) is 33.6 Å². The summed E-state index contributed by atoms with van der Waals surface area (Å²) in [7, 11) is 0. The number of esters is 1. The number of carbonyl (C=O) groups excluding carboxylic acids is 8. The molecule has 7 amide bonds. The molecule has 9 atom stereocenters. The van der Waals surface area contributed by atoms with Crippen molar-refractivity contribution in [3.05, 3.63) is 71.8 Å². The Hall–Kier alpha value is -5.80. The highest BCUT2D eigenvalue weighted by Crippen LogP contribution is 2.22. The Balaban J connectivity index is 1.79. The number of rotatable bonds is 12. The molecule has 2 aromatic rings. The van der Waals surface area contributed by atoms with E-state index in [0.29, 0.717) is 24.8 Å². The van der Waals surface area contributed by atoms with E-state index in [-0.39, 0.29) is 19.4 Å². The maximum absolute atomic E-state index is 14.7. The van der Waals surface area contributed by atoms with Crippen LogP contribution in [0.15, 0.2) is 60.7 Å². The highest BCUT2D eigenvalue weighted by atomic mass is 16.5. The Morgan fingerprint density at radius 3 is 1.86 bits per heavy atom. The van der Waals surface area contributed by atoms with Gasteiger partial charge in [0.05, 0.1) is 6.42 Å². The van der Waals surface area contributed by atoms with E-state index in [1.165, 1.54) is 11.8 Å². The number of hydrogen-bond acceptors (Lipinski definition) is 9. The first-order valence-electron chi connectivity index (χ1n) is 22.2. The monoisotopic (exact) mass is 874 g/mol. The first kappa shape index (κ1) is 49.9. The lowest BCUT2D eigenvalue weighted by Crippen LogP contribution is -2.62. The van der Waals surface area contributed by atoms with Crippen molar-refractivity contribution >= 4 is 47.3 Å². The average molecular weight is 874 g/mol. The van der Waals surface area contributed by atoms with Crippen LogP contribution in [-0.2, 0) is 55.9 Å². The van der Waals surface area contributed by atoms with Crippen LogP contribution in [0.25, 0.3) is 0 Å². The van der Waals surface area contributed by atoms with Gasteiger partial charge in [-0.05, 0) is 54.6 Å². The van der Waals surface area contributed by atoms with Crippen molar-refractivity contribution in [1.82, 2.24) is 36.8 Å². The summed E-state index contributed by atoms with van der Waals surface area (Å²) >= 11 is 0. The molecule has 2 fully saturated rings. The van der Waals surface area contributed by atoms with Crippen LogP contribution in [0.2, 0.25) is 0 Å². The van der Waals surface area contributed by atoms with Crippen molar-refractivity contribution < 1.29 is 43.1 Å². The van der Waals surface area contributed by atoms with Gasteiger partial charge in [-0.2, -0.15) is 0 Å². The summed E-state index contributed by atoms with van der Waals surface area (Å²) in [5.41, 5.74) is 1.42. The summed E-state index contributed by atoms with van der Waals surface area (Å²) in [5.74, 6) is -7.14. The number of nitrogens with one attached hydrogen (secondary N) is 6. The van der Waals surface area contributed by atoms with E-state index in [9.17, 15) is 38.4 Å². The number of fused-ring (bicyclic) bond motifs is 1. The number of ether oxygens (including phenoxy) is 1. The summed E-state index contributed by atoms with van der Waals surface area (Å²) in [6.07, 6.45) is -0.137. The molecule has 2 heterocycles. The normalized spacial score (nSPS) is 25.3. The molecule has 0 aromatic heterocycles. The number of amides is 7. The molecule has 2 aliphatic rings. The maximum Gasteiger partial charge on any atom is 0.329 e. The smallest absolute Gasteiger partial charge is 0.329 e. The Kier molecular flexibility index (Phi) is 18.2. The minimum absolute atomic E-state index is 0.00390. The van der Waals surface area contributed by atoms with Crippen LogP contribution in [0.4, 0.5) is 0 Å². The molecule has 6 N–H and O–H groups in total. The van der Waals surface area contributed by atoms with Gasteiger partial charge in [0.25, 0.3) is 0 Å². The van der Waals surface area contributed by atoms with Gasteiger partial charge in [-0.25, -0.2) is 4.79 Å². The highest BCUT2D eigenvalue weighted by Gasteiger charge is 2.43. The molecule has 344 valence electrons. The first-order valence-corrected chi connectivity index (χ1v) is 22.2. The third kappa shape index (κ3) is 13.6. The van der Waals surface area contributed by atoms with Gasteiger partial charge in [0.15, 0.2) is 0 Å². The fraction of sp³-hybridized carbons (Fsp3) is 0.574. The van der Waals surface area contributed by atoms with Gasteiger partial charge < -0.3 is 41.5 Å². The van der Waals surface area contributed by atoms with Crippen molar-refractivity contribution in [2.75, 3.05) is 6.54 Å². The Labute approximate surface area is 371 Å². The van der Waals surface area contributed by atoms with E-state index in [2.05, 4.69) is 31.9 Å². The minimum Gasteiger partial charge on any atom is -0.458 e. The third-order valence-corrected chi connectivity index (χ3v) is 11.8. The average Bonchev–Trinajstić information content (AvgIpc) is 3.74. The van der Waals surface area contributed by atoms with Crippen molar-refractivity contribution in [1.29, 1.82) is 0 Å². The number of cyclic esters (lactones) is 1. The van der Waals surface area contributed by atoms with Gasteiger partial charge in [0, 0.05) is 13.0 Å². The predicted octanol–water partition coefficient (Wildman–Crippen LogP) is 2.33. The summed E-state index contributed by atoms with van der Waals surface area (Å²) in [6.45, 7) is 15.6. The molecular formula is C47H67N7O9. The molecule has 0 bridgehead atoms. The molecule has 2 aromatic carbocycles. The SMILES string of the molecule is CCC(C)C1NC(=O)C(C(C)C)NC(=O)C2CCCN2C(=O)C(Cc2ccccc2)NC(=O)C(NC(=O)C(NC(=O)Cc2ccccc2)C(C)C)C(C)OC(=O)C(C(C)C)NC1=O. The Morgan fingerprint density at radius 1 is 0.730 bits per heavy atom. The number of benzene rings is 2. The van der Waals surface area contributed by atoms with Crippen LogP contribution in [0.3, 0.4) is 0 Å². The van der Waals surface area contributed by atoms with Gasteiger partial charge in [0.1, 0.15) is 48.4 Å². The first-order chi connectivity index (χ1) is 29.8. The lowest BCUT2D eigenvalue weighted by molar-refractivity contribution is -0.157. The van der Waals surface area contributed by atoms with Crippen LogP contribution < -0.4 is 31.9 Å². The van der Waals surface area contributed by atoms with E-state index in [1.54, 1.807) is 103 Å². The van der Waals surface area contributed by atoms with Crippen molar-refractivity contribution in [2.45, 2.75) is 143 Å². The van der Waals surface area contributed by atoms with E-state index in [4.69, 9.17) is 4.74 Å². The number of nitrogens with zero attached hydrogens (tertiary/aromatic N) is 1. The quantitative estimate of drug-likeness (QED) is 0.172. The number of carbonyl (C=O) groups is 8. The maximum atomic E-state index is 14.7. The molecule has 2 saturated heterocycles. The molecule has 16 heteroatoms. The van der Waals surface area contributed by atoms with Crippen LogP contribution >= 0.6 is 0 Å². The van der Waals surface area contributed by atoms with Crippen molar-refractivity contribution in [3.8, 4) is 0 Å². The van der Waals surface area contributed by atoms with Gasteiger partial charge in [-0.1, -0.05) is 122 Å². The van der Waals surface area contributed by atoms with Gasteiger partial charge in [-0.15, -0.1) is 0 Å². The lowest BCUT2D eigenvalue weighted by atomic mass is 9.95. The van der Waals surface area contributed by atoms with E-state index in [0.717, 1.165) is 5.56 Å². The van der Waals surface area contributed by atoms with Gasteiger partial charge >= 0.3 is 5.97 Å². The summed E-state index contributed by atoms with van der Waals surface area (Å²) in [4.78, 5) is 114. The zero-order valence-corrected chi connectivity index (χ0v) is 38.1. The second-order valence-corrected chi connectivity index (χ2v) is 17.9. The standard InChI is InChI=1S/C47H67N7O9/c1-10-29(8)39-44(59)51-38(28(6)7)47(62)63-30(9)40(53-42(57)36(26(2)3)49-35(55)25-32-20-15-12-16-21-32)45(60)48-33(24-31-18-13-11-14-19-31)46(61)54-23-17-22-34(54)41(56)50-37(27(4)5)43(58)52-39/h11-16,18-21,26-30,33-34,36-40H,10,17,22-25H2,1-9H3,(H,48,60)(H,49,55)(H,50,56)(H,51,59)(H,52,58)(H,53,57). The molecule has 0 aliphatic carbocycles. The molecule has 16 nitrogen and oxygen atoms in total. The van der Waals surface area contributed by atoms with Gasteiger partial charge in [0.2, 0.25) is 41.4 Å². The molecule has 4 rings (SSSR count). The fourth-order valence-corrected chi connectivity index (χ4v) is 7.79. The van der Waals surface area contributed by atoms with Crippen LogP contribution in [0.1, 0.15) is 92.7 Å². The predicted molar refractivity (Wildman–Crippen MR) is 236 cm³/mol. The second-order valence-electron chi connectivity index (χ2n) is 17.9. The Bertz CT molecular complexity index is 1930. The van der Waals surface area contributed by atoms with Crippen molar-refractivity contribution in [2.24, 2.45) is 23.7 Å². The summed E-state index contributed by atoms with van der Waals surface area (Å²) < 4.78 is 5.92. The van der Waals surface area contributed by atoms with E-state index < -0.39 is 119 Å². The Morgan fingerprint density at radius 2 is 1.29 bits per heavy atom. The number of hydrogen-bond donors (Lipinski definition) is 6. The van der Waals surface area contributed by atoms with E-state index in [1.807, 2.05) is 13.0 Å². The highest BCUT2D eigenvalue weighted by molar-refractivity contribution is 5.98. The van der Waals surface area contributed by atoms with Crippen molar-refractivity contribution in [3.63, 3.8) is 0 Å². The molecule has 0 spiro atoms. The zero-order valence-electron chi connectivity index (χ0n) is 38.1. The largest absolute Gasteiger partial charge is 0.458 e. The zero-order chi connectivity index (χ0) is 46.5. The lowest BCUT2D eigenvalue weighted by Gasteiger charge is -2.32. The molecule has 0 radical (unpaired) electrons. The fourth-order valence-electron chi connectivity index (χ4n) is 7.79. The van der Waals surface area contributed by atoms with E-state index >= 15 is 0 Å². The molecule has 9 unspecified atom stereocenters. The minimum atomic E-state index is -1.61. The topological polar surface area (TPSA) is 221 Å². The van der Waals surface area contributed by atoms with Crippen LogP contribution in [0.5, 0.6) is 0 Å².